The van der Waals surface area contributed by atoms with Gasteiger partial charge < -0.3 is 9.84 Å². The lowest BCUT2D eigenvalue weighted by molar-refractivity contribution is -0.140. The van der Waals surface area contributed by atoms with Gasteiger partial charge in [-0.15, -0.1) is 0 Å². The van der Waals surface area contributed by atoms with Crippen molar-refractivity contribution >= 4 is 11.8 Å². The molecule has 0 aromatic rings. The number of Topliss-reactive ketones (excluding diaryl/α,β-unsaturated/α-hetero) is 1. The van der Waals surface area contributed by atoms with Gasteiger partial charge in [0.1, 0.15) is 5.78 Å². The second kappa shape index (κ2) is 14.0. The Kier molecular flexibility index (Phi) is 12.3. The minimum Gasteiger partial charge on any atom is -0.469 e. The summed E-state index contributed by atoms with van der Waals surface area (Å²) in [4.78, 5) is 23.5. The molecule has 0 aromatic heterocycles. The molecular formula is C22H38O4. The molecule has 0 unspecified atom stereocenters. The van der Waals surface area contributed by atoms with E-state index in [1.54, 1.807) is 0 Å². The first-order chi connectivity index (χ1) is 12.6. The van der Waals surface area contributed by atoms with Crippen molar-refractivity contribution in [3.8, 4) is 0 Å². The highest BCUT2D eigenvalue weighted by atomic mass is 16.5. The first-order valence-electron chi connectivity index (χ1n) is 10.5. The van der Waals surface area contributed by atoms with E-state index in [0.29, 0.717) is 18.6 Å². The zero-order chi connectivity index (χ0) is 19.2. The van der Waals surface area contributed by atoms with Crippen LogP contribution in [0.4, 0.5) is 0 Å². The van der Waals surface area contributed by atoms with E-state index < -0.39 is 0 Å². The Bertz CT molecular complexity index is 430. The Hall–Kier alpha value is -1.16. The topological polar surface area (TPSA) is 63.6 Å². The fourth-order valence-corrected chi connectivity index (χ4v) is 3.95. The zero-order valence-corrected chi connectivity index (χ0v) is 16.8. The van der Waals surface area contributed by atoms with Gasteiger partial charge >= 0.3 is 5.97 Å². The molecule has 0 spiro atoms. The third-order valence-corrected chi connectivity index (χ3v) is 5.58. The molecule has 150 valence electrons. The van der Waals surface area contributed by atoms with Crippen molar-refractivity contribution < 1.29 is 19.4 Å². The maximum Gasteiger partial charge on any atom is 0.305 e. The second-order valence-corrected chi connectivity index (χ2v) is 7.60. The predicted molar refractivity (Wildman–Crippen MR) is 105 cm³/mol. The van der Waals surface area contributed by atoms with E-state index >= 15 is 0 Å². The van der Waals surface area contributed by atoms with Gasteiger partial charge in [-0.3, -0.25) is 9.59 Å². The third kappa shape index (κ3) is 8.48. The average molecular weight is 367 g/mol. The number of ketones is 1. The van der Waals surface area contributed by atoms with Crippen LogP contribution >= 0.6 is 0 Å². The van der Waals surface area contributed by atoms with E-state index in [1.165, 1.54) is 32.8 Å². The molecule has 0 bridgehead atoms. The van der Waals surface area contributed by atoms with E-state index in [1.807, 2.05) is 0 Å². The van der Waals surface area contributed by atoms with Crippen molar-refractivity contribution in [2.24, 2.45) is 17.8 Å². The van der Waals surface area contributed by atoms with Crippen molar-refractivity contribution in [1.82, 2.24) is 0 Å². The number of hydrogen-bond acceptors (Lipinski definition) is 4. The van der Waals surface area contributed by atoms with Crippen LogP contribution in [0.2, 0.25) is 0 Å². The molecule has 1 aliphatic rings. The van der Waals surface area contributed by atoms with E-state index in [-0.39, 0.29) is 30.3 Å². The van der Waals surface area contributed by atoms with Gasteiger partial charge in [0.05, 0.1) is 7.11 Å². The number of rotatable bonds is 14. The van der Waals surface area contributed by atoms with Crippen LogP contribution in [0.15, 0.2) is 12.2 Å². The van der Waals surface area contributed by atoms with Crippen LogP contribution in [0.25, 0.3) is 0 Å². The fourth-order valence-electron chi connectivity index (χ4n) is 3.95. The SMILES string of the molecule is CCCCCCC=C[C@H]1[C@H](CO)CC(=O)[C@@H]1CCCCCCC(=O)OC. The van der Waals surface area contributed by atoms with Gasteiger partial charge in [0, 0.05) is 25.4 Å². The van der Waals surface area contributed by atoms with Gasteiger partial charge in [-0.05, 0) is 37.5 Å². The molecule has 26 heavy (non-hydrogen) atoms. The number of esters is 1. The standard InChI is InChI=1S/C22H38O4/c1-3-4-5-6-7-10-13-19-18(17-23)16-21(24)20(19)14-11-8-9-12-15-22(25)26-2/h10,13,18-20,23H,3-9,11-12,14-17H2,1-2H3/t18-,19-,20+/m0/s1. The molecule has 0 radical (unpaired) electrons. The Morgan fingerprint density at radius 3 is 2.58 bits per heavy atom. The van der Waals surface area contributed by atoms with Crippen molar-refractivity contribution in [3.05, 3.63) is 12.2 Å². The highest BCUT2D eigenvalue weighted by Crippen LogP contribution is 2.38. The minimum atomic E-state index is -0.147. The highest BCUT2D eigenvalue weighted by Gasteiger charge is 2.39. The molecular weight excluding hydrogens is 328 g/mol. The van der Waals surface area contributed by atoms with Crippen LogP contribution in [0.1, 0.15) is 84.0 Å². The van der Waals surface area contributed by atoms with Gasteiger partial charge in [0.2, 0.25) is 0 Å². The second-order valence-electron chi connectivity index (χ2n) is 7.60. The van der Waals surface area contributed by atoms with Crippen molar-refractivity contribution in [1.29, 1.82) is 0 Å². The largest absolute Gasteiger partial charge is 0.469 e. The molecule has 0 saturated heterocycles. The predicted octanol–water partition coefficient (Wildman–Crippen LogP) is 4.84. The minimum absolute atomic E-state index is 0.0691. The number of ether oxygens (including phenoxy) is 1. The summed E-state index contributed by atoms with van der Waals surface area (Å²) in [6, 6.07) is 0. The van der Waals surface area contributed by atoms with Gasteiger partial charge in [0.15, 0.2) is 0 Å². The van der Waals surface area contributed by atoms with Crippen LogP contribution in [0.3, 0.4) is 0 Å². The number of aliphatic hydroxyl groups is 1. The van der Waals surface area contributed by atoms with E-state index in [4.69, 9.17) is 0 Å². The molecule has 1 rings (SSSR count). The van der Waals surface area contributed by atoms with E-state index in [0.717, 1.165) is 38.5 Å². The van der Waals surface area contributed by atoms with Gasteiger partial charge in [-0.1, -0.05) is 57.6 Å². The molecule has 4 heteroatoms. The summed E-state index contributed by atoms with van der Waals surface area (Å²) >= 11 is 0. The Morgan fingerprint density at radius 2 is 1.88 bits per heavy atom. The molecule has 1 N–H and O–H groups in total. The molecule has 0 heterocycles. The first-order valence-corrected chi connectivity index (χ1v) is 10.5. The smallest absolute Gasteiger partial charge is 0.305 e. The van der Waals surface area contributed by atoms with Crippen molar-refractivity contribution in [2.45, 2.75) is 84.0 Å². The van der Waals surface area contributed by atoms with Gasteiger partial charge in [0.25, 0.3) is 0 Å². The fraction of sp³-hybridized carbons (Fsp3) is 0.818. The molecule has 4 nitrogen and oxygen atoms in total. The summed E-state index contributed by atoms with van der Waals surface area (Å²) in [5, 5.41) is 9.63. The molecule has 1 aliphatic carbocycles. The lowest BCUT2D eigenvalue weighted by Gasteiger charge is -2.19. The molecule has 0 amide bonds. The van der Waals surface area contributed by atoms with Gasteiger partial charge in [-0.2, -0.15) is 0 Å². The summed E-state index contributed by atoms with van der Waals surface area (Å²) in [5.74, 6) is 0.539. The number of allylic oxidation sites excluding steroid dienone is 2. The summed E-state index contributed by atoms with van der Waals surface area (Å²) < 4.78 is 4.64. The van der Waals surface area contributed by atoms with Crippen LogP contribution in [0.5, 0.6) is 0 Å². The maximum atomic E-state index is 12.4. The van der Waals surface area contributed by atoms with Crippen LogP contribution < -0.4 is 0 Å². The number of carbonyl (C=O) groups excluding carboxylic acids is 2. The van der Waals surface area contributed by atoms with Crippen molar-refractivity contribution in [2.75, 3.05) is 13.7 Å². The molecule has 1 saturated carbocycles. The average Bonchev–Trinajstić information content (AvgIpc) is 2.95. The Labute approximate surface area is 159 Å². The number of aliphatic hydroxyl groups excluding tert-OH is 1. The number of hydrogen-bond donors (Lipinski definition) is 1. The molecule has 0 aliphatic heterocycles. The third-order valence-electron chi connectivity index (χ3n) is 5.58. The van der Waals surface area contributed by atoms with E-state index in [9.17, 15) is 14.7 Å². The number of unbranched alkanes of at least 4 members (excludes halogenated alkanes) is 7. The molecule has 3 atom stereocenters. The first kappa shape index (κ1) is 22.9. The lowest BCUT2D eigenvalue weighted by atomic mass is 9.85. The lowest BCUT2D eigenvalue weighted by Crippen LogP contribution is -2.17. The summed E-state index contributed by atoms with van der Waals surface area (Å²) in [5.41, 5.74) is 0. The number of methoxy groups -OCH3 is 1. The Morgan fingerprint density at radius 1 is 1.15 bits per heavy atom. The van der Waals surface area contributed by atoms with Crippen LogP contribution in [-0.4, -0.2) is 30.6 Å². The number of carbonyl (C=O) groups is 2. The normalized spacial score (nSPS) is 23.0. The monoisotopic (exact) mass is 366 g/mol. The Balaban J connectivity index is 2.36. The summed E-state index contributed by atoms with van der Waals surface area (Å²) in [6.07, 6.45) is 16.3. The van der Waals surface area contributed by atoms with Gasteiger partial charge in [-0.25, -0.2) is 0 Å². The highest BCUT2D eigenvalue weighted by molar-refractivity contribution is 5.84. The van der Waals surface area contributed by atoms with Crippen LogP contribution in [0, 0.1) is 17.8 Å². The van der Waals surface area contributed by atoms with Crippen LogP contribution in [-0.2, 0) is 14.3 Å². The maximum absolute atomic E-state index is 12.4. The summed E-state index contributed by atoms with van der Waals surface area (Å²) in [7, 11) is 1.42. The molecule has 1 fully saturated rings. The van der Waals surface area contributed by atoms with E-state index in [2.05, 4.69) is 23.8 Å². The molecule has 0 aromatic carbocycles. The quantitative estimate of drug-likeness (QED) is 0.271. The van der Waals surface area contributed by atoms with Crippen molar-refractivity contribution in [3.63, 3.8) is 0 Å². The zero-order valence-electron chi connectivity index (χ0n) is 16.8. The summed E-state index contributed by atoms with van der Waals surface area (Å²) in [6.45, 7) is 2.32.